The van der Waals surface area contributed by atoms with Crippen molar-refractivity contribution in [1.29, 1.82) is 0 Å². The van der Waals surface area contributed by atoms with E-state index in [0.29, 0.717) is 10.6 Å². The number of carbonyl (C=O) groups excluding carboxylic acids is 3. The maximum atomic E-state index is 11.8. The molecule has 6 nitrogen and oxygen atoms in total. The molecular formula is C18H20N2O4S. The number of carbonyl (C=O) groups is 3. The second kappa shape index (κ2) is 9.58. The van der Waals surface area contributed by atoms with E-state index in [1.54, 1.807) is 24.3 Å². The summed E-state index contributed by atoms with van der Waals surface area (Å²) in [5.41, 5.74) is 5.71. The summed E-state index contributed by atoms with van der Waals surface area (Å²) in [5, 5.41) is 1.81. The number of aryl methyl sites for hydroxylation is 1. The summed E-state index contributed by atoms with van der Waals surface area (Å²) >= 11 is 1.34. The van der Waals surface area contributed by atoms with E-state index < -0.39 is 11.8 Å². The van der Waals surface area contributed by atoms with E-state index in [0.717, 1.165) is 6.42 Å². The lowest BCUT2D eigenvalue weighted by Crippen LogP contribution is -2.43. The van der Waals surface area contributed by atoms with Crippen LogP contribution < -0.4 is 15.6 Å². The van der Waals surface area contributed by atoms with Crippen LogP contribution in [0.2, 0.25) is 0 Å². The zero-order valence-corrected chi connectivity index (χ0v) is 14.7. The van der Waals surface area contributed by atoms with Crippen molar-refractivity contribution in [1.82, 2.24) is 10.9 Å². The van der Waals surface area contributed by atoms with Crippen molar-refractivity contribution in [2.24, 2.45) is 0 Å². The van der Waals surface area contributed by atoms with Gasteiger partial charge in [0, 0.05) is 12.8 Å². The maximum absolute atomic E-state index is 11.8. The fraction of sp³-hybridized carbons (Fsp3) is 0.278. The van der Waals surface area contributed by atoms with Gasteiger partial charge in [-0.05, 0) is 35.6 Å². The van der Waals surface area contributed by atoms with Gasteiger partial charge < -0.3 is 4.74 Å². The van der Waals surface area contributed by atoms with E-state index in [2.05, 4.69) is 17.8 Å². The average Bonchev–Trinajstić information content (AvgIpc) is 3.18. The molecule has 0 aliphatic carbocycles. The van der Waals surface area contributed by atoms with Crippen molar-refractivity contribution in [3.63, 3.8) is 0 Å². The standard InChI is InChI=1S/C18H20N2O4S/c1-2-13-5-7-14(8-6-13)24-12-18(23)20-19-17(22)10-9-15(21)16-4-3-11-25-16/h3-8,11H,2,9-10,12H2,1H3,(H,19,22)(H,20,23). The third-order valence-electron chi connectivity index (χ3n) is 3.42. The Hall–Kier alpha value is -2.67. The molecule has 0 fully saturated rings. The third kappa shape index (κ3) is 6.39. The van der Waals surface area contributed by atoms with Gasteiger partial charge in [-0.15, -0.1) is 11.3 Å². The molecule has 7 heteroatoms. The van der Waals surface area contributed by atoms with Gasteiger partial charge in [0.15, 0.2) is 12.4 Å². The fourth-order valence-electron chi connectivity index (χ4n) is 2.00. The zero-order chi connectivity index (χ0) is 18.1. The van der Waals surface area contributed by atoms with E-state index in [9.17, 15) is 14.4 Å². The van der Waals surface area contributed by atoms with E-state index in [4.69, 9.17) is 4.74 Å². The van der Waals surface area contributed by atoms with Gasteiger partial charge in [-0.2, -0.15) is 0 Å². The van der Waals surface area contributed by atoms with Gasteiger partial charge in [-0.1, -0.05) is 25.1 Å². The van der Waals surface area contributed by atoms with Gasteiger partial charge in [-0.3, -0.25) is 25.2 Å². The highest BCUT2D eigenvalue weighted by atomic mass is 32.1. The first-order valence-electron chi connectivity index (χ1n) is 7.94. The largest absolute Gasteiger partial charge is 0.484 e. The van der Waals surface area contributed by atoms with Gasteiger partial charge in [0.05, 0.1) is 4.88 Å². The molecule has 0 atom stereocenters. The van der Waals surface area contributed by atoms with Crippen LogP contribution >= 0.6 is 11.3 Å². The number of hydrogen-bond acceptors (Lipinski definition) is 5. The number of nitrogens with one attached hydrogen (secondary N) is 2. The zero-order valence-electron chi connectivity index (χ0n) is 13.9. The normalized spacial score (nSPS) is 10.1. The molecule has 0 unspecified atom stereocenters. The van der Waals surface area contributed by atoms with Gasteiger partial charge >= 0.3 is 0 Å². The van der Waals surface area contributed by atoms with Crippen LogP contribution in [0.3, 0.4) is 0 Å². The van der Waals surface area contributed by atoms with Crippen LogP contribution in [0.1, 0.15) is 35.0 Å². The van der Waals surface area contributed by atoms with Crippen LogP contribution in [-0.4, -0.2) is 24.2 Å². The average molecular weight is 360 g/mol. The lowest BCUT2D eigenvalue weighted by molar-refractivity contribution is -0.130. The van der Waals surface area contributed by atoms with E-state index in [1.807, 2.05) is 17.5 Å². The summed E-state index contributed by atoms with van der Waals surface area (Å²) < 4.78 is 5.33. The first kappa shape index (κ1) is 18.7. The van der Waals surface area contributed by atoms with Crippen molar-refractivity contribution < 1.29 is 19.1 Å². The molecule has 0 aliphatic rings. The van der Waals surface area contributed by atoms with Crippen molar-refractivity contribution in [2.75, 3.05) is 6.61 Å². The number of thiophene rings is 1. The molecular weight excluding hydrogens is 340 g/mol. The molecule has 0 saturated carbocycles. The Bertz CT molecular complexity index is 711. The van der Waals surface area contributed by atoms with Crippen LogP contribution in [0.4, 0.5) is 0 Å². The Kier molecular flexibility index (Phi) is 7.16. The number of ether oxygens (including phenoxy) is 1. The number of Topliss-reactive ketones (excluding diaryl/α,β-unsaturated/α-hetero) is 1. The van der Waals surface area contributed by atoms with Crippen LogP contribution in [0.15, 0.2) is 41.8 Å². The number of ketones is 1. The third-order valence-corrected chi connectivity index (χ3v) is 4.33. The minimum Gasteiger partial charge on any atom is -0.484 e. The molecule has 0 saturated heterocycles. The highest BCUT2D eigenvalue weighted by Gasteiger charge is 2.11. The number of rotatable bonds is 8. The van der Waals surface area contributed by atoms with Crippen LogP contribution in [0, 0.1) is 0 Å². The molecule has 132 valence electrons. The summed E-state index contributed by atoms with van der Waals surface area (Å²) in [6.07, 6.45) is 1.04. The van der Waals surface area contributed by atoms with E-state index in [-0.39, 0.29) is 25.2 Å². The molecule has 2 amide bonds. The highest BCUT2D eigenvalue weighted by Crippen LogP contribution is 2.13. The fourth-order valence-corrected chi connectivity index (χ4v) is 2.69. The Morgan fingerprint density at radius 1 is 1.00 bits per heavy atom. The highest BCUT2D eigenvalue weighted by molar-refractivity contribution is 7.12. The van der Waals surface area contributed by atoms with Crippen molar-refractivity contribution in [2.45, 2.75) is 26.2 Å². The Morgan fingerprint density at radius 3 is 2.36 bits per heavy atom. The van der Waals surface area contributed by atoms with Gasteiger partial charge in [0.1, 0.15) is 5.75 Å². The van der Waals surface area contributed by atoms with E-state index in [1.165, 1.54) is 16.9 Å². The summed E-state index contributed by atoms with van der Waals surface area (Å²) in [6, 6.07) is 11.0. The van der Waals surface area contributed by atoms with Gasteiger partial charge in [0.2, 0.25) is 5.91 Å². The van der Waals surface area contributed by atoms with E-state index >= 15 is 0 Å². The molecule has 1 aromatic heterocycles. The topological polar surface area (TPSA) is 84.5 Å². The first-order valence-corrected chi connectivity index (χ1v) is 8.82. The summed E-state index contributed by atoms with van der Waals surface area (Å²) in [4.78, 5) is 35.7. The van der Waals surface area contributed by atoms with Crippen LogP contribution in [-0.2, 0) is 16.0 Å². The van der Waals surface area contributed by atoms with Crippen molar-refractivity contribution in [3.8, 4) is 5.75 Å². The molecule has 0 bridgehead atoms. The predicted octanol–water partition coefficient (Wildman–Crippen LogP) is 2.50. The molecule has 2 aromatic rings. The second-order valence-corrected chi connectivity index (χ2v) is 6.23. The van der Waals surface area contributed by atoms with Gasteiger partial charge in [0.25, 0.3) is 5.91 Å². The minimum atomic E-state index is -0.475. The molecule has 0 radical (unpaired) electrons. The number of amides is 2. The number of hydrogen-bond donors (Lipinski definition) is 2. The summed E-state index contributed by atoms with van der Waals surface area (Å²) in [5.74, 6) is -0.404. The predicted molar refractivity (Wildman–Crippen MR) is 95.5 cm³/mol. The minimum absolute atomic E-state index is 0.0103. The molecule has 0 spiro atoms. The number of benzene rings is 1. The Morgan fingerprint density at radius 2 is 1.72 bits per heavy atom. The molecule has 1 aromatic carbocycles. The summed E-state index contributed by atoms with van der Waals surface area (Å²) in [7, 11) is 0. The van der Waals surface area contributed by atoms with Gasteiger partial charge in [-0.25, -0.2) is 0 Å². The Balaban J connectivity index is 1.63. The lowest BCUT2D eigenvalue weighted by Gasteiger charge is -2.09. The Labute approximate surface area is 150 Å². The van der Waals surface area contributed by atoms with Crippen LogP contribution in [0.5, 0.6) is 5.75 Å². The molecule has 1 heterocycles. The monoisotopic (exact) mass is 360 g/mol. The SMILES string of the molecule is CCc1ccc(OCC(=O)NNC(=O)CCC(=O)c2cccs2)cc1. The van der Waals surface area contributed by atoms with Crippen molar-refractivity contribution in [3.05, 3.63) is 52.2 Å². The maximum Gasteiger partial charge on any atom is 0.276 e. The molecule has 0 aliphatic heterocycles. The smallest absolute Gasteiger partial charge is 0.276 e. The second-order valence-electron chi connectivity index (χ2n) is 5.28. The molecule has 2 N–H and O–H groups in total. The molecule has 25 heavy (non-hydrogen) atoms. The quantitative estimate of drug-likeness (QED) is 0.560. The lowest BCUT2D eigenvalue weighted by atomic mass is 10.2. The first-order chi connectivity index (χ1) is 12.1. The molecule has 2 rings (SSSR count). The summed E-state index contributed by atoms with van der Waals surface area (Å²) in [6.45, 7) is 1.85. The van der Waals surface area contributed by atoms with Crippen LogP contribution in [0.25, 0.3) is 0 Å². The number of hydrazine groups is 1. The van der Waals surface area contributed by atoms with Crippen molar-refractivity contribution >= 4 is 28.9 Å².